The quantitative estimate of drug-likeness (QED) is 0.779. The van der Waals surface area contributed by atoms with Gasteiger partial charge in [-0.05, 0) is 51.8 Å². The Balaban J connectivity index is 1.91. The number of anilines is 1. The molecule has 2 aromatic rings. The number of fused-ring (bicyclic) bond motifs is 1. The van der Waals surface area contributed by atoms with E-state index in [-0.39, 0.29) is 11.2 Å². The molecule has 1 aromatic carbocycles. The topological polar surface area (TPSA) is 82.2 Å². The van der Waals surface area contributed by atoms with Crippen LogP contribution in [0.3, 0.4) is 0 Å². The zero-order valence-corrected chi connectivity index (χ0v) is 15.0. The number of rotatable bonds is 5. The number of alkyl halides is 3. The second-order valence-electron chi connectivity index (χ2n) is 6.97. The largest absolute Gasteiger partial charge is 0.444 e. The van der Waals surface area contributed by atoms with Gasteiger partial charge in [0.05, 0.1) is 11.1 Å². The van der Waals surface area contributed by atoms with Crippen molar-refractivity contribution >= 4 is 22.8 Å². The number of aryl methyl sites for hydroxylation is 1. The van der Waals surface area contributed by atoms with E-state index in [4.69, 9.17) is 10.5 Å². The highest BCUT2D eigenvalue weighted by Gasteiger charge is 2.31. The Kier molecular flexibility index (Phi) is 5.68. The molecule has 1 heterocycles. The van der Waals surface area contributed by atoms with Crippen molar-refractivity contribution in [3.8, 4) is 0 Å². The molecular weight excluding hydrogens is 349 g/mol. The summed E-state index contributed by atoms with van der Waals surface area (Å²) in [4.78, 5) is 11.5. The summed E-state index contributed by atoms with van der Waals surface area (Å²) in [6.07, 6.45) is -3.56. The van der Waals surface area contributed by atoms with Crippen molar-refractivity contribution in [2.24, 2.45) is 0 Å². The number of aromatic nitrogens is 2. The maximum absolute atomic E-state index is 12.8. The number of hydrogen-bond acceptors (Lipinski definition) is 4. The van der Waals surface area contributed by atoms with E-state index < -0.39 is 23.4 Å². The fraction of sp³-hybridized carbons (Fsp3) is 0.529. The molecule has 9 heteroatoms. The van der Waals surface area contributed by atoms with Gasteiger partial charge in [0.15, 0.2) is 5.82 Å². The Hall–Kier alpha value is -2.45. The fourth-order valence-electron chi connectivity index (χ4n) is 2.44. The lowest BCUT2D eigenvalue weighted by molar-refractivity contribution is -0.137. The van der Waals surface area contributed by atoms with Gasteiger partial charge in [-0.2, -0.15) is 18.3 Å². The molecule has 0 radical (unpaired) electrons. The molecule has 3 N–H and O–H groups in total. The first-order valence-corrected chi connectivity index (χ1v) is 8.27. The van der Waals surface area contributed by atoms with Gasteiger partial charge in [-0.3, -0.25) is 4.68 Å². The van der Waals surface area contributed by atoms with Gasteiger partial charge in [0.25, 0.3) is 0 Å². The van der Waals surface area contributed by atoms with Gasteiger partial charge in [-0.1, -0.05) is 0 Å². The van der Waals surface area contributed by atoms with Gasteiger partial charge >= 0.3 is 12.3 Å². The van der Waals surface area contributed by atoms with Crippen LogP contribution in [0.1, 0.15) is 39.2 Å². The van der Waals surface area contributed by atoms with E-state index in [9.17, 15) is 18.0 Å². The van der Waals surface area contributed by atoms with E-state index in [0.29, 0.717) is 31.4 Å². The van der Waals surface area contributed by atoms with Crippen molar-refractivity contribution < 1.29 is 22.7 Å². The van der Waals surface area contributed by atoms with E-state index >= 15 is 0 Å². The Morgan fingerprint density at radius 1 is 1.27 bits per heavy atom. The lowest BCUT2D eigenvalue weighted by Crippen LogP contribution is -2.33. The average molecular weight is 372 g/mol. The van der Waals surface area contributed by atoms with Crippen LogP contribution >= 0.6 is 0 Å². The lowest BCUT2D eigenvalue weighted by atomic mass is 10.1. The minimum Gasteiger partial charge on any atom is -0.444 e. The molecule has 1 amide bonds. The second kappa shape index (κ2) is 7.43. The molecule has 144 valence electrons. The molecule has 26 heavy (non-hydrogen) atoms. The molecule has 0 aliphatic heterocycles. The molecule has 0 bridgehead atoms. The number of alkyl carbamates (subject to hydrolysis) is 1. The molecule has 0 saturated carbocycles. The Labute approximate surface area is 149 Å². The van der Waals surface area contributed by atoms with Crippen LogP contribution in [0.25, 0.3) is 10.9 Å². The number of carbonyl (C=O) groups is 1. The summed E-state index contributed by atoms with van der Waals surface area (Å²) in [7, 11) is 0. The zero-order chi connectivity index (χ0) is 19.5. The molecule has 0 aliphatic carbocycles. The molecule has 0 aliphatic rings. The molecular formula is C17H23F3N4O2. The van der Waals surface area contributed by atoms with Gasteiger partial charge in [0.1, 0.15) is 5.60 Å². The van der Waals surface area contributed by atoms with Crippen molar-refractivity contribution in [1.82, 2.24) is 15.1 Å². The van der Waals surface area contributed by atoms with Crippen molar-refractivity contribution in [2.45, 2.75) is 51.9 Å². The van der Waals surface area contributed by atoms with Gasteiger partial charge in [0, 0.05) is 18.5 Å². The zero-order valence-electron chi connectivity index (χ0n) is 15.0. The number of ether oxygens (including phenoxy) is 1. The van der Waals surface area contributed by atoms with Crippen LogP contribution in [-0.4, -0.2) is 28.0 Å². The number of nitrogens with one attached hydrogen (secondary N) is 1. The Morgan fingerprint density at radius 3 is 2.58 bits per heavy atom. The van der Waals surface area contributed by atoms with Gasteiger partial charge < -0.3 is 15.8 Å². The smallest absolute Gasteiger partial charge is 0.416 e. The number of amides is 1. The summed E-state index contributed by atoms with van der Waals surface area (Å²) in [5.74, 6) is 0.0676. The highest BCUT2D eigenvalue weighted by molar-refractivity contribution is 5.89. The minimum absolute atomic E-state index is 0.0676. The fourth-order valence-corrected chi connectivity index (χ4v) is 2.44. The van der Waals surface area contributed by atoms with Gasteiger partial charge in [0.2, 0.25) is 0 Å². The molecule has 0 spiro atoms. The molecule has 0 fully saturated rings. The number of nitrogen functional groups attached to an aromatic ring is 1. The Bertz CT molecular complexity index is 779. The van der Waals surface area contributed by atoms with Crippen LogP contribution in [0.15, 0.2) is 18.2 Å². The number of unbranched alkanes of at least 4 members (excludes halogenated alkanes) is 1. The number of benzene rings is 1. The minimum atomic E-state index is -4.42. The predicted octanol–water partition coefficient (Wildman–Crippen LogP) is 3.94. The van der Waals surface area contributed by atoms with Crippen LogP contribution in [-0.2, 0) is 17.5 Å². The maximum Gasteiger partial charge on any atom is 0.416 e. The summed E-state index contributed by atoms with van der Waals surface area (Å²) < 4.78 is 45.1. The molecule has 0 unspecified atom stereocenters. The maximum atomic E-state index is 12.8. The first-order valence-electron chi connectivity index (χ1n) is 8.27. The third-order valence-corrected chi connectivity index (χ3v) is 3.57. The van der Waals surface area contributed by atoms with Crippen molar-refractivity contribution in [1.29, 1.82) is 0 Å². The van der Waals surface area contributed by atoms with E-state index in [2.05, 4.69) is 10.4 Å². The predicted molar refractivity (Wildman–Crippen MR) is 92.6 cm³/mol. The lowest BCUT2D eigenvalue weighted by Gasteiger charge is -2.19. The second-order valence-corrected chi connectivity index (χ2v) is 6.97. The SMILES string of the molecule is CC(C)(C)OC(=O)NCCCCn1nc(N)c2cc(C(F)(F)F)ccc21. The molecule has 0 saturated heterocycles. The van der Waals surface area contributed by atoms with Crippen LogP contribution in [0.5, 0.6) is 0 Å². The Morgan fingerprint density at radius 2 is 1.96 bits per heavy atom. The van der Waals surface area contributed by atoms with Gasteiger partial charge in [-0.25, -0.2) is 4.79 Å². The summed E-state index contributed by atoms with van der Waals surface area (Å²) in [6.45, 7) is 6.26. The van der Waals surface area contributed by atoms with E-state index in [1.165, 1.54) is 6.07 Å². The van der Waals surface area contributed by atoms with Crippen LogP contribution in [0.4, 0.5) is 23.8 Å². The summed E-state index contributed by atoms with van der Waals surface area (Å²) in [6, 6.07) is 3.41. The van der Waals surface area contributed by atoms with Crippen LogP contribution in [0.2, 0.25) is 0 Å². The normalized spacial score (nSPS) is 12.4. The molecule has 2 rings (SSSR count). The summed E-state index contributed by atoms with van der Waals surface area (Å²) in [5, 5.41) is 7.04. The molecule has 6 nitrogen and oxygen atoms in total. The number of carbonyl (C=O) groups excluding carboxylic acids is 1. The monoisotopic (exact) mass is 372 g/mol. The highest BCUT2D eigenvalue weighted by Crippen LogP contribution is 2.33. The van der Waals surface area contributed by atoms with Crippen LogP contribution in [0, 0.1) is 0 Å². The van der Waals surface area contributed by atoms with E-state index in [1.807, 2.05) is 0 Å². The number of nitrogens with zero attached hydrogens (tertiary/aromatic N) is 2. The number of hydrogen-bond donors (Lipinski definition) is 2. The standard InChI is InChI=1S/C17H23F3N4O2/c1-16(2,3)26-15(25)22-8-4-5-9-24-13-7-6-11(17(18,19)20)10-12(13)14(21)23-24/h6-7,10H,4-5,8-9H2,1-3H3,(H2,21,23)(H,22,25). The van der Waals surface area contributed by atoms with Crippen molar-refractivity contribution in [3.63, 3.8) is 0 Å². The van der Waals surface area contributed by atoms with E-state index in [0.717, 1.165) is 12.1 Å². The summed E-state index contributed by atoms with van der Waals surface area (Å²) >= 11 is 0. The number of halogens is 3. The first-order chi connectivity index (χ1) is 12.0. The third kappa shape index (κ3) is 5.27. The molecule has 1 aromatic heterocycles. The highest BCUT2D eigenvalue weighted by atomic mass is 19.4. The average Bonchev–Trinajstić information content (AvgIpc) is 2.80. The van der Waals surface area contributed by atoms with Crippen LogP contribution < -0.4 is 11.1 Å². The van der Waals surface area contributed by atoms with E-state index in [1.54, 1.807) is 25.5 Å². The van der Waals surface area contributed by atoms with Crippen molar-refractivity contribution in [3.05, 3.63) is 23.8 Å². The van der Waals surface area contributed by atoms with Crippen molar-refractivity contribution in [2.75, 3.05) is 12.3 Å². The third-order valence-electron chi connectivity index (χ3n) is 3.57. The summed E-state index contributed by atoms with van der Waals surface area (Å²) in [5.41, 5.74) is 4.99. The molecule has 0 atom stereocenters. The van der Waals surface area contributed by atoms with Gasteiger partial charge in [-0.15, -0.1) is 0 Å². The first kappa shape index (κ1) is 19.9. The number of nitrogens with two attached hydrogens (primary N) is 1.